The summed E-state index contributed by atoms with van der Waals surface area (Å²) in [4.78, 5) is 17.9. The van der Waals surface area contributed by atoms with Gasteiger partial charge >= 0.3 is 0 Å². The maximum atomic E-state index is 10.7. The Morgan fingerprint density at radius 2 is 2.26 bits per heavy atom. The lowest BCUT2D eigenvalue weighted by Crippen LogP contribution is -2.02. The van der Waals surface area contributed by atoms with E-state index in [1.165, 1.54) is 18.5 Å². The molecule has 0 aliphatic heterocycles. The van der Waals surface area contributed by atoms with E-state index in [0.717, 1.165) is 5.69 Å². The van der Waals surface area contributed by atoms with Gasteiger partial charge < -0.3 is 5.32 Å². The van der Waals surface area contributed by atoms with Crippen LogP contribution in [0.2, 0.25) is 0 Å². The minimum atomic E-state index is -0.577. The molecule has 0 unspecified atom stereocenters. The lowest BCUT2D eigenvalue weighted by atomic mass is 10.1. The van der Waals surface area contributed by atoms with Crippen molar-refractivity contribution in [1.29, 1.82) is 5.26 Å². The van der Waals surface area contributed by atoms with Crippen LogP contribution < -0.4 is 5.32 Å². The molecule has 0 bridgehead atoms. The number of anilines is 1. The second kappa shape index (κ2) is 5.55. The zero-order valence-corrected chi connectivity index (χ0v) is 9.78. The zero-order chi connectivity index (χ0) is 13.7. The number of hydrogen-bond donors (Lipinski definition) is 1. The molecular formula is C12H9N5O2. The maximum absolute atomic E-state index is 10.7. The molecule has 0 aliphatic rings. The summed E-state index contributed by atoms with van der Waals surface area (Å²) >= 11 is 0. The maximum Gasteiger partial charge on any atom is 0.287 e. The first-order valence-corrected chi connectivity index (χ1v) is 5.38. The Morgan fingerprint density at radius 1 is 1.42 bits per heavy atom. The fraction of sp³-hybridized carbons (Fsp3) is 0.0833. The van der Waals surface area contributed by atoms with Crippen LogP contribution in [0, 0.1) is 21.4 Å². The van der Waals surface area contributed by atoms with E-state index in [0.29, 0.717) is 12.2 Å². The van der Waals surface area contributed by atoms with Crippen LogP contribution in [-0.2, 0) is 6.54 Å². The summed E-state index contributed by atoms with van der Waals surface area (Å²) in [6.45, 7) is 0.450. The average Bonchev–Trinajstić information content (AvgIpc) is 2.45. The molecule has 0 saturated heterocycles. The number of nitro benzene ring substituents is 1. The van der Waals surface area contributed by atoms with Crippen molar-refractivity contribution in [3.8, 4) is 6.07 Å². The summed E-state index contributed by atoms with van der Waals surface area (Å²) in [6, 6.07) is 7.87. The third-order valence-electron chi connectivity index (χ3n) is 2.43. The molecule has 1 aromatic carbocycles. The van der Waals surface area contributed by atoms with Crippen LogP contribution >= 0.6 is 0 Å². The van der Waals surface area contributed by atoms with E-state index in [1.807, 2.05) is 6.07 Å². The van der Waals surface area contributed by atoms with Crippen molar-refractivity contribution < 1.29 is 4.92 Å². The molecule has 0 fully saturated rings. The third-order valence-corrected chi connectivity index (χ3v) is 2.43. The Labute approximate surface area is 108 Å². The predicted molar refractivity (Wildman–Crippen MR) is 67.2 cm³/mol. The summed E-state index contributed by atoms with van der Waals surface area (Å²) in [7, 11) is 0. The molecule has 7 nitrogen and oxygen atoms in total. The molecule has 0 saturated carbocycles. The van der Waals surface area contributed by atoms with Crippen LogP contribution in [0.5, 0.6) is 0 Å². The fourth-order valence-electron chi connectivity index (χ4n) is 1.51. The first kappa shape index (κ1) is 12.4. The van der Waals surface area contributed by atoms with Crippen molar-refractivity contribution in [3.63, 3.8) is 0 Å². The molecule has 1 aromatic heterocycles. The molecule has 1 N–H and O–H groups in total. The molecule has 0 amide bonds. The Balaban J connectivity index is 2.14. The van der Waals surface area contributed by atoms with Crippen LogP contribution in [-0.4, -0.2) is 14.9 Å². The van der Waals surface area contributed by atoms with E-state index >= 15 is 0 Å². The monoisotopic (exact) mass is 255 g/mol. The summed E-state index contributed by atoms with van der Waals surface area (Å²) < 4.78 is 0. The van der Waals surface area contributed by atoms with Gasteiger partial charge in [-0.1, -0.05) is 0 Å². The fourth-order valence-corrected chi connectivity index (χ4v) is 1.51. The van der Waals surface area contributed by atoms with Gasteiger partial charge in [0.1, 0.15) is 18.0 Å². The van der Waals surface area contributed by atoms with E-state index in [1.54, 1.807) is 18.3 Å². The van der Waals surface area contributed by atoms with E-state index in [9.17, 15) is 10.1 Å². The lowest BCUT2D eigenvalue weighted by Gasteiger charge is -2.06. The van der Waals surface area contributed by atoms with E-state index in [-0.39, 0.29) is 11.3 Å². The van der Waals surface area contributed by atoms with Crippen LogP contribution in [0.4, 0.5) is 11.4 Å². The topological polar surface area (TPSA) is 105 Å². The average molecular weight is 255 g/mol. The van der Waals surface area contributed by atoms with Crippen molar-refractivity contribution in [1.82, 2.24) is 9.97 Å². The number of nitrogens with one attached hydrogen (secondary N) is 1. The summed E-state index contributed by atoms with van der Waals surface area (Å²) in [5.41, 5.74) is 1.24. The van der Waals surface area contributed by atoms with Crippen molar-refractivity contribution in [2.24, 2.45) is 0 Å². The van der Waals surface area contributed by atoms with Gasteiger partial charge in [0.2, 0.25) is 0 Å². The van der Waals surface area contributed by atoms with Gasteiger partial charge in [-0.3, -0.25) is 10.1 Å². The second-order valence-electron chi connectivity index (χ2n) is 3.66. The number of nitrogens with zero attached hydrogens (tertiary/aromatic N) is 4. The summed E-state index contributed by atoms with van der Waals surface area (Å²) in [6.07, 6.45) is 3.06. The molecular weight excluding hydrogens is 246 g/mol. The second-order valence-corrected chi connectivity index (χ2v) is 3.66. The van der Waals surface area contributed by atoms with Gasteiger partial charge in [0.05, 0.1) is 17.2 Å². The van der Waals surface area contributed by atoms with Crippen molar-refractivity contribution in [2.75, 3.05) is 5.32 Å². The SMILES string of the molecule is N#Cc1cc(NCc2ccncn2)ccc1[N+](=O)[O-]. The molecule has 1 heterocycles. The highest BCUT2D eigenvalue weighted by atomic mass is 16.6. The lowest BCUT2D eigenvalue weighted by molar-refractivity contribution is -0.385. The normalized spacial score (nSPS) is 9.63. The number of hydrogen-bond acceptors (Lipinski definition) is 6. The van der Waals surface area contributed by atoms with Crippen molar-refractivity contribution >= 4 is 11.4 Å². The van der Waals surface area contributed by atoms with Gasteiger partial charge in [-0.2, -0.15) is 5.26 Å². The molecule has 7 heteroatoms. The largest absolute Gasteiger partial charge is 0.379 e. The first-order valence-electron chi connectivity index (χ1n) is 5.38. The van der Waals surface area contributed by atoms with Gasteiger partial charge in [-0.05, 0) is 18.2 Å². The van der Waals surface area contributed by atoms with Crippen LogP contribution in [0.25, 0.3) is 0 Å². The van der Waals surface area contributed by atoms with Gasteiger partial charge in [0, 0.05) is 18.0 Å². The van der Waals surface area contributed by atoms with Crippen LogP contribution in [0.3, 0.4) is 0 Å². The van der Waals surface area contributed by atoms with Crippen LogP contribution in [0.1, 0.15) is 11.3 Å². The van der Waals surface area contributed by atoms with E-state index in [4.69, 9.17) is 5.26 Å². The molecule has 94 valence electrons. The molecule has 2 aromatic rings. The molecule has 0 atom stereocenters. The van der Waals surface area contributed by atoms with Gasteiger partial charge in [0.25, 0.3) is 5.69 Å². The van der Waals surface area contributed by atoms with E-state index in [2.05, 4.69) is 15.3 Å². The number of nitro groups is 1. The molecule has 0 spiro atoms. The van der Waals surface area contributed by atoms with Crippen molar-refractivity contribution in [3.05, 3.63) is 58.2 Å². The van der Waals surface area contributed by atoms with Gasteiger partial charge in [-0.25, -0.2) is 9.97 Å². The Hall–Kier alpha value is -3.01. The Kier molecular flexibility index (Phi) is 3.64. The van der Waals surface area contributed by atoms with E-state index < -0.39 is 4.92 Å². The summed E-state index contributed by atoms with van der Waals surface area (Å²) in [5.74, 6) is 0. The zero-order valence-electron chi connectivity index (χ0n) is 9.78. The molecule has 0 aliphatic carbocycles. The number of rotatable bonds is 4. The smallest absolute Gasteiger partial charge is 0.287 e. The number of nitriles is 1. The number of benzene rings is 1. The summed E-state index contributed by atoms with van der Waals surface area (Å²) in [5, 5.41) is 22.6. The predicted octanol–water partition coefficient (Wildman–Crippen LogP) is 1.87. The molecule has 2 rings (SSSR count). The van der Waals surface area contributed by atoms with Crippen molar-refractivity contribution in [2.45, 2.75) is 6.54 Å². The molecule has 0 radical (unpaired) electrons. The highest BCUT2D eigenvalue weighted by molar-refractivity contribution is 5.58. The Bertz CT molecular complexity index is 636. The number of aromatic nitrogens is 2. The minimum absolute atomic E-state index is 0.0256. The van der Waals surface area contributed by atoms with Gasteiger partial charge in [-0.15, -0.1) is 0 Å². The Morgan fingerprint density at radius 3 is 2.89 bits per heavy atom. The quantitative estimate of drug-likeness (QED) is 0.660. The van der Waals surface area contributed by atoms with Gasteiger partial charge in [0.15, 0.2) is 0 Å². The highest BCUT2D eigenvalue weighted by Crippen LogP contribution is 2.21. The minimum Gasteiger partial charge on any atom is -0.379 e. The third kappa shape index (κ3) is 3.01. The highest BCUT2D eigenvalue weighted by Gasteiger charge is 2.13. The standard InChI is InChI=1S/C12H9N5O2/c13-6-9-5-10(1-2-12(9)17(18)19)15-7-11-3-4-14-8-16-11/h1-5,8,15H,7H2. The molecule has 19 heavy (non-hydrogen) atoms. The first-order chi connectivity index (χ1) is 9.20. The van der Waals surface area contributed by atoms with Crippen LogP contribution in [0.15, 0.2) is 36.8 Å².